The van der Waals surface area contributed by atoms with E-state index in [1.165, 1.54) is 18.9 Å². The Hall–Kier alpha value is -1.64. The minimum atomic E-state index is 0.160. The summed E-state index contributed by atoms with van der Waals surface area (Å²) in [5, 5.41) is 1.50. The largest absolute Gasteiger partial charge is 0.467 e. The summed E-state index contributed by atoms with van der Waals surface area (Å²) in [7, 11) is 1.46. The lowest BCUT2D eigenvalue weighted by atomic mass is 10.5. The number of halogens is 1. The summed E-state index contributed by atoms with van der Waals surface area (Å²) in [6.45, 7) is 0. The van der Waals surface area contributed by atoms with E-state index in [2.05, 4.69) is 25.4 Å². The molecule has 0 aliphatic rings. The molecule has 9 heteroatoms. The molecule has 0 aliphatic heterocycles. The van der Waals surface area contributed by atoms with Crippen molar-refractivity contribution in [3.05, 3.63) is 23.4 Å². The molecule has 0 amide bonds. The highest BCUT2D eigenvalue weighted by Crippen LogP contribution is 2.29. The number of anilines is 1. The lowest BCUT2D eigenvalue weighted by Gasteiger charge is -2.05. The van der Waals surface area contributed by atoms with Crippen molar-refractivity contribution in [2.24, 2.45) is 5.84 Å². The van der Waals surface area contributed by atoms with Crippen LogP contribution in [-0.4, -0.2) is 27.0 Å². The highest BCUT2D eigenvalue weighted by Gasteiger charge is 2.10. The van der Waals surface area contributed by atoms with Crippen LogP contribution in [0.4, 0.5) is 5.95 Å². The van der Waals surface area contributed by atoms with E-state index in [4.69, 9.17) is 22.2 Å². The maximum absolute atomic E-state index is 6.00. The highest BCUT2D eigenvalue weighted by atomic mass is 35.5. The first kappa shape index (κ1) is 12.8. The minimum Gasteiger partial charge on any atom is -0.467 e. The summed E-state index contributed by atoms with van der Waals surface area (Å²) in [4.78, 5) is 16.1. The number of hydrogen-bond donors (Lipinski definition) is 2. The molecule has 0 spiro atoms. The third-order valence-electron chi connectivity index (χ3n) is 1.82. The Labute approximate surface area is 112 Å². The number of rotatable bonds is 4. The van der Waals surface area contributed by atoms with E-state index in [-0.39, 0.29) is 12.0 Å². The Balaban J connectivity index is 2.31. The van der Waals surface area contributed by atoms with Crippen molar-refractivity contribution in [1.82, 2.24) is 19.9 Å². The van der Waals surface area contributed by atoms with E-state index in [9.17, 15) is 0 Å². The quantitative estimate of drug-likeness (QED) is 0.641. The number of methoxy groups -OCH3 is 1. The number of nitrogens with zero attached hydrogens (tertiary/aromatic N) is 4. The zero-order valence-electron chi connectivity index (χ0n) is 9.29. The Morgan fingerprint density at radius 3 is 2.89 bits per heavy atom. The maximum Gasteiger partial charge on any atom is 0.322 e. The van der Waals surface area contributed by atoms with Crippen LogP contribution < -0.4 is 16.0 Å². The molecule has 3 N–H and O–H groups in total. The van der Waals surface area contributed by atoms with Crippen LogP contribution in [0.25, 0.3) is 0 Å². The number of hydrogen-bond acceptors (Lipinski definition) is 8. The van der Waals surface area contributed by atoms with Crippen molar-refractivity contribution < 1.29 is 4.74 Å². The van der Waals surface area contributed by atoms with Gasteiger partial charge >= 0.3 is 6.01 Å². The van der Waals surface area contributed by atoms with Gasteiger partial charge < -0.3 is 4.74 Å². The maximum atomic E-state index is 6.00. The van der Waals surface area contributed by atoms with Crippen molar-refractivity contribution >= 4 is 29.3 Å². The van der Waals surface area contributed by atoms with Crippen LogP contribution in [-0.2, 0) is 0 Å². The van der Waals surface area contributed by atoms with Gasteiger partial charge in [0.2, 0.25) is 11.1 Å². The predicted octanol–water partition coefficient (Wildman–Crippen LogP) is 1.37. The van der Waals surface area contributed by atoms with Gasteiger partial charge in [0.15, 0.2) is 0 Å². The Morgan fingerprint density at radius 1 is 1.39 bits per heavy atom. The highest BCUT2D eigenvalue weighted by molar-refractivity contribution is 7.99. The van der Waals surface area contributed by atoms with E-state index < -0.39 is 0 Å². The SMILES string of the molecule is COc1nc(NN)nc(Sc2ncccc2Cl)n1. The van der Waals surface area contributed by atoms with Crippen LogP contribution in [0.1, 0.15) is 0 Å². The van der Waals surface area contributed by atoms with Gasteiger partial charge in [0.05, 0.1) is 12.1 Å². The van der Waals surface area contributed by atoms with Crippen LogP contribution in [0.5, 0.6) is 6.01 Å². The molecule has 2 aromatic rings. The molecule has 0 saturated carbocycles. The average molecular weight is 285 g/mol. The van der Waals surface area contributed by atoms with Gasteiger partial charge in [-0.25, -0.2) is 10.8 Å². The monoisotopic (exact) mass is 284 g/mol. The van der Waals surface area contributed by atoms with Gasteiger partial charge in [-0.05, 0) is 23.9 Å². The van der Waals surface area contributed by atoms with Crippen molar-refractivity contribution in [3.63, 3.8) is 0 Å². The van der Waals surface area contributed by atoms with E-state index in [0.29, 0.717) is 15.2 Å². The fourth-order valence-corrected chi connectivity index (χ4v) is 2.02. The number of nitrogens with one attached hydrogen (secondary N) is 1. The van der Waals surface area contributed by atoms with Crippen LogP contribution in [0.15, 0.2) is 28.5 Å². The van der Waals surface area contributed by atoms with Gasteiger partial charge in [0, 0.05) is 6.20 Å². The van der Waals surface area contributed by atoms with Crippen LogP contribution >= 0.6 is 23.4 Å². The van der Waals surface area contributed by atoms with Crippen LogP contribution in [0.2, 0.25) is 5.02 Å². The third-order valence-corrected chi connectivity index (χ3v) is 3.12. The van der Waals surface area contributed by atoms with E-state index in [1.54, 1.807) is 18.3 Å². The number of pyridine rings is 1. The fraction of sp³-hybridized carbons (Fsp3) is 0.111. The Kier molecular flexibility index (Phi) is 4.13. The van der Waals surface area contributed by atoms with Crippen LogP contribution in [0, 0.1) is 0 Å². The van der Waals surface area contributed by atoms with Crippen molar-refractivity contribution in [1.29, 1.82) is 0 Å². The molecule has 2 rings (SSSR count). The molecule has 0 saturated heterocycles. The van der Waals surface area contributed by atoms with Gasteiger partial charge in [-0.3, -0.25) is 5.43 Å². The summed E-state index contributed by atoms with van der Waals surface area (Å²) >= 11 is 7.19. The Morgan fingerprint density at radius 2 is 2.22 bits per heavy atom. The fourth-order valence-electron chi connectivity index (χ4n) is 1.07. The van der Waals surface area contributed by atoms with E-state index in [0.717, 1.165) is 0 Å². The molecule has 2 aromatic heterocycles. The summed E-state index contributed by atoms with van der Waals surface area (Å²) in [6, 6.07) is 3.64. The average Bonchev–Trinajstić information content (AvgIpc) is 2.41. The number of aromatic nitrogens is 4. The molecule has 7 nitrogen and oxygen atoms in total. The molecule has 0 unspecified atom stereocenters. The minimum absolute atomic E-state index is 0.160. The zero-order chi connectivity index (χ0) is 13.0. The first-order chi connectivity index (χ1) is 8.72. The van der Waals surface area contributed by atoms with E-state index >= 15 is 0 Å². The summed E-state index contributed by atoms with van der Waals surface area (Å²) in [5.41, 5.74) is 2.33. The molecule has 0 aromatic carbocycles. The first-order valence-corrected chi connectivity index (χ1v) is 5.97. The number of nitrogen functional groups attached to an aromatic ring is 1. The second-order valence-corrected chi connectivity index (χ2v) is 4.33. The van der Waals surface area contributed by atoms with Crippen molar-refractivity contribution in [3.8, 4) is 6.01 Å². The number of ether oxygens (including phenoxy) is 1. The van der Waals surface area contributed by atoms with Gasteiger partial charge in [0.1, 0.15) is 5.03 Å². The standard InChI is InChI=1S/C9H9ClN6OS/c1-17-8-13-7(16-11)14-9(15-8)18-6-5(10)3-2-4-12-6/h2-4H,11H2,1H3,(H,13,14,15,16). The summed E-state index contributed by atoms with van der Waals surface area (Å²) < 4.78 is 4.94. The van der Waals surface area contributed by atoms with Gasteiger partial charge in [-0.2, -0.15) is 15.0 Å². The molecule has 0 aliphatic carbocycles. The van der Waals surface area contributed by atoms with Gasteiger partial charge in [0.25, 0.3) is 0 Å². The summed E-state index contributed by atoms with van der Waals surface area (Å²) in [6.07, 6.45) is 1.63. The predicted molar refractivity (Wildman–Crippen MR) is 67.6 cm³/mol. The number of nitrogens with two attached hydrogens (primary N) is 1. The van der Waals surface area contributed by atoms with E-state index in [1.807, 2.05) is 0 Å². The molecule has 18 heavy (non-hydrogen) atoms. The molecular weight excluding hydrogens is 276 g/mol. The topological polar surface area (TPSA) is 98.8 Å². The molecule has 0 radical (unpaired) electrons. The van der Waals surface area contributed by atoms with Gasteiger partial charge in [-0.1, -0.05) is 11.6 Å². The molecule has 0 bridgehead atoms. The van der Waals surface area contributed by atoms with Crippen molar-refractivity contribution in [2.45, 2.75) is 10.2 Å². The normalized spacial score (nSPS) is 10.2. The number of hydrazine groups is 1. The smallest absolute Gasteiger partial charge is 0.322 e. The molecule has 2 heterocycles. The second kappa shape index (κ2) is 5.80. The van der Waals surface area contributed by atoms with Crippen molar-refractivity contribution in [2.75, 3.05) is 12.5 Å². The summed E-state index contributed by atoms with van der Waals surface area (Å²) in [5.74, 6) is 5.46. The molecule has 0 atom stereocenters. The zero-order valence-corrected chi connectivity index (χ0v) is 10.9. The van der Waals surface area contributed by atoms with Crippen LogP contribution in [0.3, 0.4) is 0 Å². The second-order valence-electron chi connectivity index (χ2n) is 2.97. The third kappa shape index (κ3) is 2.97. The molecular formula is C9H9ClN6OS. The van der Waals surface area contributed by atoms with Gasteiger partial charge in [-0.15, -0.1) is 0 Å². The molecule has 0 fully saturated rings. The Bertz CT molecular complexity index is 532. The first-order valence-electron chi connectivity index (χ1n) is 4.78. The lowest BCUT2D eigenvalue weighted by Crippen LogP contribution is -2.12. The molecule has 94 valence electrons. The lowest BCUT2D eigenvalue weighted by molar-refractivity contribution is 0.373.